The van der Waals surface area contributed by atoms with Crippen LogP contribution in [0, 0.1) is 0 Å². The molecule has 0 aromatic carbocycles. The minimum Gasteiger partial charge on any atom is -0.376 e. The number of hydrogen-bond acceptors (Lipinski definition) is 3. The lowest BCUT2D eigenvalue weighted by Gasteiger charge is -2.22. The van der Waals surface area contributed by atoms with Crippen LogP contribution < -0.4 is 0 Å². The van der Waals surface area contributed by atoms with Crippen molar-refractivity contribution in [1.29, 1.82) is 0 Å². The molecular weight excluding hydrogens is 168 g/mol. The largest absolute Gasteiger partial charge is 0.376 e. The maximum absolute atomic E-state index is 5.67. The molecule has 78 valence electrons. The van der Waals surface area contributed by atoms with Gasteiger partial charge in [0.2, 0.25) is 0 Å². The lowest BCUT2D eigenvalue weighted by molar-refractivity contribution is -0.0855. The van der Waals surface area contributed by atoms with Crippen LogP contribution >= 0.6 is 0 Å². The molecule has 0 aromatic heterocycles. The van der Waals surface area contributed by atoms with E-state index in [4.69, 9.17) is 14.2 Å². The zero-order chi connectivity index (χ0) is 9.84. The Kier molecular flexibility index (Phi) is 4.16. The zero-order valence-electron chi connectivity index (χ0n) is 8.95. The molecule has 0 N–H and O–H groups in total. The Morgan fingerprint density at radius 2 is 1.31 bits per heavy atom. The summed E-state index contributed by atoms with van der Waals surface area (Å²) in [6.45, 7) is 9.45. The van der Waals surface area contributed by atoms with E-state index in [9.17, 15) is 0 Å². The van der Waals surface area contributed by atoms with Crippen LogP contribution in [0.1, 0.15) is 27.7 Å². The Morgan fingerprint density at radius 1 is 0.923 bits per heavy atom. The molecule has 13 heavy (non-hydrogen) atoms. The van der Waals surface area contributed by atoms with Gasteiger partial charge in [0.25, 0.3) is 0 Å². The minimum atomic E-state index is 0.113. The highest BCUT2D eigenvalue weighted by atomic mass is 16.6. The lowest BCUT2D eigenvalue weighted by Crippen LogP contribution is -2.33. The summed E-state index contributed by atoms with van der Waals surface area (Å²) in [4.78, 5) is 0. The molecule has 1 heterocycles. The highest BCUT2D eigenvalue weighted by Crippen LogP contribution is 2.16. The highest BCUT2D eigenvalue weighted by Gasteiger charge is 2.31. The molecule has 1 rings (SSSR count). The van der Waals surface area contributed by atoms with E-state index < -0.39 is 0 Å². The molecule has 0 amide bonds. The summed E-state index contributed by atoms with van der Waals surface area (Å²) < 4.78 is 16.7. The fourth-order valence-electron chi connectivity index (χ4n) is 1.47. The average Bonchev–Trinajstić information content (AvgIpc) is 2.34. The van der Waals surface area contributed by atoms with Gasteiger partial charge in [0.05, 0.1) is 25.4 Å². The highest BCUT2D eigenvalue weighted by molar-refractivity contribution is 4.77. The molecule has 1 aliphatic heterocycles. The molecule has 1 saturated heterocycles. The number of rotatable bonds is 4. The van der Waals surface area contributed by atoms with Crippen molar-refractivity contribution >= 4 is 0 Å². The maximum Gasteiger partial charge on any atom is 0.110 e. The van der Waals surface area contributed by atoms with Crippen LogP contribution in [0.2, 0.25) is 0 Å². The van der Waals surface area contributed by atoms with Crippen LogP contribution in [0.3, 0.4) is 0 Å². The predicted molar refractivity (Wildman–Crippen MR) is 50.8 cm³/mol. The molecule has 0 radical (unpaired) electrons. The zero-order valence-corrected chi connectivity index (χ0v) is 8.95. The molecule has 0 spiro atoms. The smallest absolute Gasteiger partial charge is 0.110 e. The fraction of sp³-hybridized carbons (Fsp3) is 1.00. The third-order valence-corrected chi connectivity index (χ3v) is 1.87. The van der Waals surface area contributed by atoms with E-state index in [1.54, 1.807) is 0 Å². The number of ether oxygens (including phenoxy) is 3. The Balaban J connectivity index is 2.35. The van der Waals surface area contributed by atoms with Gasteiger partial charge in [-0.1, -0.05) is 0 Å². The molecule has 0 bridgehead atoms. The molecule has 2 atom stereocenters. The third kappa shape index (κ3) is 3.63. The van der Waals surface area contributed by atoms with E-state index in [1.165, 1.54) is 0 Å². The predicted octanol–water partition coefficient (Wildman–Crippen LogP) is 1.60. The molecule has 0 aliphatic carbocycles. The van der Waals surface area contributed by atoms with Gasteiger partial charge in [0, 0.05) is 0 Å². The minimum absolute atomic E-state index is 0.113. The van der Waals surface area contributed by atoms with Crippen molar-refractivity contribution in [1.82, 2.24) is 0 Å². The van der Waals surface area contributed by atoms with Crippen molar-refractivity contribution in [3.05, 3.63) is 0 Å². The van der Waals surface area contributed by atoms with E-state index >= 15 is 0 Å². The molecule has 3 nitrogen and oxygen atoms in total. The second-order valence-corrected chi connectivity index (χ2v) is 3.98. The summed E-state index contributed by atoms with van der Waals surface area (Å²) in [5.74, 6) is 0. The van der Waals surface area contributed by atoms with Crippen LogP contribution in [-0.2, 0) is 14.2 Å². The molecular formula is C10H20O3. The van der Waals surface area contributed by atoms with Crippen LogP contribution in [0.15, 0.2) is 0 Å². The fourth-order valence-corrected chi connectivity index (χ4v) is 1.47. The maximum atomic E-state index is 5.67. The van der Waals surface area contributed by atoms with Gasteiger partial charge in [-0.2, -0.15) is 0 Å². The van der Waals surface area contributed by atoms with E-state index in [0.717, 1.165) is 0 Å². The summed E-state index contributed by atoms with van der Waals surface area (Å²) in [6, 6.07) is 0. The second-order valence-electron chi connectivity index (χ2n) is 3.98. The first kappa shape index (κ1) is 11.0. The van der Waals surface area contributed by atoms with Crippen molar-refractivity contribution in [3.8, 4) is 0 Å². The Labute approximate surface area is 80.4 Å². The van der Waals surface area contributed by atoms with E-state index in [-0.39, 0.29) is 24.4 Å². The normalized spacial score (nSPS) is 29.1. The van der Waals surface area contributed by atoms with Gasteiger partial charge in [0.1, 0.15) is 12.2 Å². The first-order chi connectivity index (χ1) is 6.09. The summed E-state index contributed by atoms with van der Waals surface area (Å²) in [7, 11) is 0. The summed E-state index contributed by atoms with van der Waals surface area (Å²) in [5, 5.41) is 0. The molecule has 0 saturated carbocycles. The molecule has 1 aliphatic rings. The first-order valence-corrected chi connectivity index (χ1v) is 4.98. The molecule has 1 unspecified atom stereocenters. The van der Waals surface area contributed by atoms with Crippen molar-refractivity contribution in [2.24, 2.45) is 0 Å². The molecule has 0 aromatic rings. The van der Waals surface area contributed by atoms with Crippen molar-refractivity contribution in [2.75, 3.05) is 13.2 Å². The van der Waals surface area contributed by atoms with Crippen LogP contribution in [-0.4, -0.2) is 37.6 Å². The van der Waals surface area contributed by atoms with E-state index in [0.29, 0.717) is 13.2 Å². The van der Waals surface area contributed by atoms with E-state index in [1.807, 2.05) is 27.7 Å². The summed E-state index contributed by atoms with van der Waals surface area (Å²) in [5.41, 5.74) is 0. The topological polar surface area (TPSA) is 27.7 Å². The molecule has 1 fully saturated rings. The summed E-state index contributed by atoms with van der Waals surface area (Å²) >= 11 is 0. The van der Waals surface area contributed by atoms with Gasteiger partial charge in [-0.3, -0.25) is 0 Å². The van der Waals surface area contributed by atoms with Crippen LogP contribution in [0.25, 0.3) is 0 Å². The standard InChI is InChI=1S/C10H20O3/c1-7(2)12-9-5-11-6-10(9)13-8(3)4/h7-10H,5-6H2,1-4H3/t9-,10?/m1/s1. The van der Waals surface area contributed by atoms with Crippen molar-refractivity contribution in [3.63, 3.8) is 0 Å². The van der Waals surface area contributed by atoms with Crippen molar-refractivity contribution in [2.45, 2.75) is 52.1 Å². The van der Waals surface area contributed by atoms with Gasteiger partial charge >= 0.3 is 0 Å². The second kappa shape index (κ2) is 4.94. The van der Waals surface area contributed by atoms with Crippen LogP contribution in [0.5, 0.6) is 0 Å². The molecule has 3 heteroatoms. The third-order valence-electron chi connectivity index (χ3n) is 1.87. The van der Waals surface area contributed by atoms with Gasteiger partial charge in [-0.05, 0) is 27.7 Å². The quantitative estimate of drug-likeness (QED) is 0.670. The first-order valence-electron chi connectivity index (χ1n) is 4.98. The number of hydrogen-bond donors (Lipinski definition) is 0. The van der Waals surface area contributed by atoms with E-state index in [2.05, 4.69) is 0 Å². The monoisotopic (exact) mass is 188 g/mol. The van der Waals surface area contributed by atoms with Gasteiger partial charge in [-0.25, -0.2) is 0 Å². The Morgan fingerprint density at radius 3 is 1.62 bits per heavy atom. The summed E-state index contributed by atoms with van der Waals surface area (Å²) in [6.07, 6.45) is 0.708. The Hall–Kier alpha value is -0.120. The van der Waals surface area contributed by atoms with Crippen molar-refractivity contribution < 1.29 is 14.2 Å². The van der Waals surface area contributed by atoms with Gasteiger partial charge in [-0.15, -0.1) is 0 Å². The van der Waals surface area contributed by atoms with Gasteiger partial charge < -0.3 is 14.2 Å². The lowest BCUT2D eigenvalue weighted by atomic mass is 10.2. The SMILES string of the molecule is CC(C)OC1COC[C@H]1OC(C)C. The van der Waals surface area contributed by atoms with Crippen LogP contribution in [0.4, 0.5) is 0 Å². The van der Waals surface area contributed by atoms with Gasteiger partial charge in [0.15, 0.2) is 0 Å². The average molecular weight is 188 g/mol. The Bertz CT molecular complexity index is 129.